The lowest BCUT2D eigenvalue weighted by atomic mass is 9.80. The molecule has 5 nitrogen and oxygen atoms in total. The third-order valence-corrected chi connectivity index (χ3v) is 4.42. The SMILES string of the molecule is CN(C)CCCC(O)(c1ccc(F)cc1)c1ccc(/C=N\O)cc1CO. The molecule has 1 unspecified atom stereocenters. The van der Waals surface area contributed by atoms with Crippen LogP contribution in [0.1, 0.15) is 35.1 Å². The highest BCUT2D eigenvalue weighted by atomic mass is 19.1. The summed E-state index contributed by atoms with van der Waals surface area (Å²) in [6, 6.07) is 10.8. The Labute approximate surface area is 153 Å². The second-order valence-corrected chi connectivity index (χ2v) is 6.59. The zero-order valence-electron chi connectivity index (χ0n) is 15.1. The highest BCUT2D eigenvalue weighted by molar-refractivity contribution is 5.79. The van der Waals surface area contributed by atoms with E-state index < -0.39 is 5.60 Å². The molecule has 2 aromatic carbocycles. The molecule has 0 saturated carbocycles. The topological polar surface area (TPSA) is 76.3 Å². The second-order valence-electron chi connectivity index (χ2n) is 6.59. The molecule has 0 aliphatic carbocycles. The first-order valence-corrected chi connectivity index (χ1v) is 8.45. The predicted octanol–water partition coefficient (Wildman–Crippen LogP) is 2.70. The van der Waals surface area contributed by atoms with Crippen LogP contribution in [0.25, 0.3) is 0 Å². The Bertz CT molecular complexity index is 747. The Hall–Kier alpha value is -2.28. The van der Waals surface area contributed by atoms with Crippen LogP contribution < -0.4 is 0 Å². The van der Waals surface area contributed by atoms with Gasteiger partial charge in [-0.3, -0.25) is 0 Å². The number of rotatable bonds is 8. The van der Waals surface area contributed by atoms with Crippen LogP contribution in [-0.4, -0.2) is 47.2 Å². The van der Waals surface area contributed by atoms with Gasteiger partial charge in [-0.15, -0.1) is 0 Å². The lowest BCUT2D eigenvalue weighted by Gasteiger charge is -2.32. The summed E-state index contributed by atoms with van der Waals surface area (Å²) in [6.45, 7) is 0.507. The van der Waals surface area contributed by atoms with Crippen LogP contribution in [0.15, 0.2) is 47.6 Å². The molecule has 0 fully saturated rings. The molecule has 3 N–H and O–H groups in total. The van der Waals surface area contributed by atoms with E-state index >= 15 is 0 Å². The highest BCUT2D eigenvalue weighted by Crippen LogP contribution is 2.36. The average molecular weight is 360 g/mol. The van der Waals surface area contributed by atoms with Crippen molar-refractivity contribution in [2.75, 3.05) is 20.6 Å². The summed E-state index contributed by atoms with van der Waals surface area (Å²) < 4.78 is 13.4. The minimum atomic E-state index is -1.36. The number of hydrogen-bond donors (Lipinski definition) is 3. The van der Waals surface area contributed by atoms with Gasteiger partial charge in [-0.1, -0.05) is 29.4 Å². The monoisotopic (exact) mass is 360 g/mol. The number of aliphatic hydroxyl groups excluding tert-OH is 1. The molecule has 0 radical (unpaired) electrons. The van der Waals surface area contributed by atoms with E-state index in [-0.39, 0.29) is 12.4 Å². The van der Waals surface area contributed by atoms with Gasteiger partial charge in [0.2, 0.25) is 0 Å². The highest BCUT2D eigenvalue weighted by Gasteiger charge is 2.33. The molecule has 2 aromatic rings. The van der Waals surface area contributed by atoms with Crippen LogP contribution in [0.5, 0.6) is 0 Å². The van der Waals surface area contributed by atoms with Gasteiger partial charge >= 0.3 is 0 Å². The molecular weight excluding hydrogens is 335 g/mol. The van der Waals surface area contributed by atoms with Crippen LogP contribution in [0, 0.1) is 5.82 Å². The summed E-state index contributed by atoms with van der Waals surface area (Å²) in [5, 5.41) is 33.0. The lowest BCUT2D eigenvalue weighted by molar-refractivity contribution is 0.0641. The largest absolute Gasteiger partial charge is 0.411 e. The van der Waals surface area contributed by atoms with Gasteiger partial charge < -0.3 is 20.3 Å². The molecular formula is C20H25FN2O3. The van der Waals surface area contributed by atoms with Crippen LogP contribution in [0.4, 0.5) is 4.39 Å². The van der Waals surface area contributed by atoms with Crippen molar-refractivity contribution in [3.05, 3.63) is 70.5 Å². The van der Waals surface area contributed by atoms with Gasteiger partial charge in [0.25, 0.3) is 0 Å². The van der Waals surface area contributed by atoms with Crippen molar-refractivity contribution in [2.45, 2.75) is 25.0 Å². The molecule has 0 heterocycles. The van der Waals surface area contributed by atoms with E-state index in [1.807, 2.05) is 19.0 Å². The summed E-state index contributed by atoms with van der Waals surface area (Å²) in [5.41, 5.74) is 0.891. The van der Waals surface area contributed by atoms with Gasteiger partial charge in [-0.25, -0.2) is 4.39 Å². The molecule has 0 bridgehead atoms. The van der Waals surface area contributed by atoms with E-state index in [1.54, 1.807) is 30.3 Å². The molecule has 0 aliphatic rings. The Morgan fingerprint density at radius 1 is 1.15 bits per heavy atom. The van der Waals surface area contributed by atoms with E-state index in [4.69, 9.17) is 5.21 Å². The number of hydrogen-bond acceptors (Lipinski definition) is 5. The first-order chi connectivity index (χ1) is 12.4. The third-order valence-electron chi connectivity index (χ3n) is 4.42. The quantitative estimate of drug-likeness (QED) is 0.384. The van der Waals surface area contributed by atoms with Gasteiger partial charge in [-0.2, -0.15) is 0 Å². The van der Waals surface area contributed by atoms with Crippen molar-refractivity contribution < 1.29 is 19.8 Å². The fourth-order valence-corrected chi connectivity index (χ4v) is 3.11. The third kappa shape index (κ3) is 4.66. The van der Waals surface area contributed by atoms with Gasteiger partial charge in [0, 0.05) is 0 Å². The Morgan fingerprint density at radius 3 is 2.42 bits per heavy atom. The normalized spacial score (nSPS) is 14.1. The smallest absolute Gasteiger partial charge is 0.123 e. The average Bonchev–Trinajstić information content (AvgIpc) is 2.62. The second kappa shape index (κ2) is 8.89. The summed E-state index contributed by atoms with van der Waals surface area (Å²) in [6.07, 6.45) is 2.38. The molecule has 1 atom stereocenters. The van der Waals surface area contributed by atoms with Crippen LogP contribution in [-0.2, 0) is 12.2 Å². The van der Waals surface area contributed by atoms with E-state index in [0.717, 1.165) is 6.54 Å². The fourth-order valence-electron chi connectivity index (χ4n) is 3.11. The predicted molar refractivity (Wildman–Crippen MR) is 98.9 cm³/mol. The zero-order valence-corrected chi connectivity index (χ0v) is 15.1. The van der Waals surface area contributed by atoms with Crippen molar-refractivity contribution >= 4 is 6.21 Å². The van der Waals surface area contributed by atoms with E-state index in [9.17, 15) is 14.6 Å². The lowest BCUT2D eigenvalue weighted by Crippen LogP contribution is -2.30. The van der Waals surface area contributed by atoms with E-state index in [1.165, 1.54) is 18.3 Å². The molecule has 0 amide bonds. The number of oxime groups is 1. The van der Waals surface area contributed by atoms with Gasteiger partial charge in [0.15, 0.2) is 0 Å². The molecule has 0 spiro atoms. The standard InChI is InChI=1S/C20H25FN2O3/c1-23(2)11-3-10-20(25,17-5-7-18(21)8-6-17)19-9-4-15(13-22-26)12-16(19)14-24/h4-9,12-13,24-26H,3,10-11,14H2,1-2H3/b22-13-. The van der Waals surface area contributed by atoms with E-state index in [0.29, 0.717) is 35.1 Å². The van der Waals surface area contributed by atoms with Crippen LogP contribution >= 0.6 is 0 Å². The minimum absolute atomic E-state index is 0.278. The van der Waals surface area contributed by atoms with Gasteiger partial charge in [0.05, 0.1) is 12.8 Å². The minimum Gasteiger partial charge on any atom is -0.411 e. The molecule has 0 aromatic heterocycles. The van der Waals surface area contributed by atoms with E-state index in [2.05, 4.69) is 5.16 Å². The summed E-state index contributed by atoms with van der Waals surface area (Å²) >= 11 is 0. The molecule has 0 aliphatic heterocycles. The number of halogens is 1. The van der Waals surface area contributed by atoms with Gasteiger partial charge in [-0.05, 0) is 73.9 Å². The number of nitrogens with zero attached hydrogens (tertiary/aromatic N) is 2. The first-order valence-electron chi connectivity index (χ1n) is 8.45. The van der Waals surface area contributed by atoms with Crippen molar-refractivity contribution in [3.8, 4) is 0 Å². The maximum Gasteiger partial charge on any atom is 0.123 e. The maximum absolute atomic E-state index is 13.4. The molecule has 6 heteroatoms. The number of aliphatic hydroxyl groups is 2. The maximum atomic E-state index is 13.4. The Morgan fingerprint density at radius 2 is 1.85 bits per heavy atom. The summed E-state index contributed by atoms with van der Waals surface area (Å²) in [5.74, 6) is -0.374. The summed E-state index contributed by atoms with van der Waals surface area (Å²) in [4.78, 5) is 2.03. The Kier molecular flexibility index (Phi) is 6.85. The molecule has 0 saturated heterocycles. The van der Waals surface area contributed by atoms with Crippen molar-refractivity contribution in [1.29, 1.82) is 0 Å². The fraction of sp³-hybridized carbons (Fsp3) is 0.350. The Balaban J connectivity index is 2.50. The summed E-state index contributed by atoms with van der Waals surface area (Å²) in [7, 11) is 3.91. The van der Waals surface area contributed by atoms with Crippen molar-refractivity contribution in [2.24, 2.45) is 5.16 Å². The zero-order chi connectivity index (χ0) is 19.2. The van der Waals surface area contributed by atoms with Crippen LogP contribution in [0.2, 0.25) is 0 Å². The van der Waals surface area contributed by atoms with Gasteiger partial charge in [0.1, 0.15) is 11.4 Å². The first kappa shape index (κ1) is 20.0. The molecule has 2 rings (SSSR count). The van der Waals surface area contributed by atoms with Crippen LogP contribution in [0.3, 0.4) is 0 Å². The molecule has 26 heavy (non-hydrogen) atoms. The van der Waals surface area contributed by atoms with Crippen molar-refractivity contribution in [3.63, 3.8) is 0 Å². The number of benzene rings is 2. The molecule has 140 valence electrons. The van der Waals surface area contributed by atoms with Crippen molar-refractivity contribution in [1.82, 2.24) is 4.90 Å².